The summed E-state index contributed by atoms with van der Waals surface area (Å²) in [5.74, 6) is 1.12. The van der Waals surface area contributed by atoms with E-state index in [1.807, 2.05) is 37.3 Å². The molecule has 0 saturated heterocycles. The minimum atomic E-state index is -0.392. The highest BCUT2D eigenvalue weighted by molar-refractivity contribution is 5.95. The molecule has 0 fully saturated rings. The van der Waals surface area contributed by atoms with E-state index in [9.17, 15) is 4.79 Å². The summed E-state index contributed by atoms with van der Waals surface area (Å²) in [6, 6.07) is 13.0. The first kappa shape index (κ1) is 14.2. The highest BCUT2D eigenvalue weighted by Crippen LogP contribution is 2.36. The normalized spacial score (nSPS) is 10.7. The minimum Gasteiger partial charge on any atom is -0.493 e. The van der Waals surface area contributed by atoms with Gasteiger partial charge in [0.1, 0.15) is 5.58 Å². The molecule has 2 aromatic carbocycles. The van der Waals surface area contributed by atoms with Gasteiger partial charge in [-0.2, -0.15) is 0 Å². The number of hydrogen-bond donors (Lipinski definition) is 0. The second-order valence-corrected chi connectivity index (χ2v) is 5.05. The number of hydrogen-bond acceptors (Lipinski definition) is 4. The number of ether oxygens (including phenoxy) is 2. The summed E-state index contributed by atoms with van der Waals surface area (Å²) < 4.78 is 15.9. The van der Waals surface area contributed by atoms with Gasteiger partial charge in [0.2, 0.25) is 0 Å². The summed E-state index contributed by atoms with van der Waals surface area (Å²) in [6.07, 6.45) is 0. The van der Waals surface area contributed by atoms with E-state index < -0.39 is 5.63 Å². The van der Waals surface area contributed by atoms with Crippen molar-refractivity contribution >= 4 is 11.0 Å². The zero-order chi connectivity index (χ0) is 15.7. The molecular weight excluding hydrogens is 280 g/mol. The Hall–Kier alpha value is -2.75. The molecule has 1 aromatic heterocycles. The van der Waals surface area contributed by atoms with Gasteiger partial charge in [-0.1, -0.05) is 29.8 Å². The maximum atomic E-state index is 11.9. The van der Waals surface area contributed by atoms with E-state index in [0.717, 1.165) is 22.1 Å². The third-order valence-corrected chi connectivity index (χ3v) is 3.58. The summed E-state index contributed by atoms with van der Waals surface area (Å²) in [4.78, 5) is 11.9. The molecule has 0 aliphatic heterocycles. The zero-order valence-corrected chi connectivity index (χ0v) is 12.7. The van der Waals surface area contributed by atoms with Gasteiger partial charge in [-0.05, 0) is 24.1 Å². The molecule has 3 aromatic rings. The number of benzene rings is 2. The van der Waals surface area contributed by atoms with Gasteiger partial charge in [0.15, 0.2) is 11.5 Å². The Bertz CT molecular complexity index is 893. The van der Waals surface area contributed by atoms with Crippen LogP contribution in [0.15, 0.2) is 51.7 Å². The van der Waals surface area contributed by atoms with Crippen LogP contribution in [0.2, 0.25) is 0 Å². The van der Waals surface area contributed by atoms with E-state index in [1.54, 1.807) is 20.3 Å². The Morgan fingerprint density at radius 3 is 2.36 bits per heavy atom. The molecule has 1 heterocycles. The monoisotopic (exact) mass is 296 g/mol. The number of aryl methyl sites for hydroxylation is 1. The van der Waals surface area contributed by atoms with Crippen LogP contribution in [0.4, 0.5) is 0 Å². The fourth-order valence-electron chi connectivity index (χ4n) is 2.54. The molecule has 0 aliphatic carbocycles. The van der Waals surface area contributed by atoms with Crippen LogP contribution in [0.5, 0.6) is 11.5 Å². The predicted octanol–water partition coefficient (Wildman–Crippen LogP) is 3.79. The van der Waals surface area contributed by atoms with Gasteiger partial charge >= 0.3 is 5.63 Å². The van der Waals surface area contributed by atoms with Crippen LogP contribution in [-0.2, 0) is 0 Å². The fraction of sp³-hybridized carbons (Fsp3) is 0.167. The lowest BCUT2D eigenvalue weighted by Crippen LogP contribution is -1.99. The van der Waals surface area contributed by atoms with Gasteiger partial charge in [0, 0.05) is 17.5 Å². The molecule has 0 radical (unpaired) electrons. The van der Waals surface area contributed by atoms with E-state index in [-0.39, 0.29) is 0 Å². The average Bonchev–Trinajstić information content (AvgIpc) is 2.52. The SMILES string of the molecule is COc1cc2oc(=O)cc(-c3cccc(C)c3)c2cc1OC. The molecule has 0 atom stereocenters. The van der Waals surface area contributed by atoms with Crippen molar-refractivity contribution in [1.82, 2.24) is 0 Å². The van der Waals surface area contributed by atoms with Crippen LogP contribution in [0.25, 0.3) is 22.1 Å². The van der Waals surface area contributed by atoms with Crippen LogP contribution < -0.4 is 15.1 Å². The third-order valence-electron chi connectivity index (χ3n) is 3.58. The van der Waals surface area contributed by atoms with E-state index in [2.05, 4.69) is 0 Å². The summed E-state index contributed by atoms with van der Waals surface area (Å²) in [7, 11) is 3.13. The molecule has 0 saturated carbocycles. The topological polar surface area (TPSA) is 48.7 Å². The Morgan fingerprint density at radius 1 is 0.955 bits per heavy atom. The maximum Gasteiger partial charge on any atom is 0.336 e. The number of fused-ring (bicyclic) bond motifs is 1. The largest absolute Gasteiger partial charge is 0.493 e. The highest BCUT2D eigenvalue weighted by Gasteiger charge is 2.13. The molecule has 0 spiro atoms. The van der Waals surface area contributed by atoms with E-state index in [4.69, 9.17) is 13.9 Å². The number of rotatable bonds is 3. The van der Waals surface area contributed by atoms with Crippen molar-refractivity contribution in [2.24, 2.45) is 0 Å². The molecule has 4 heteroatoms. The fourth-order valence-corrected chi connectivity index (χ4v) is 2.54. The first-order valence-corrected chi connectivity index (χ1v) is 6.89. The van der Waals surface area contributed by atoms with Crippen molar-refractivity contribution in [2.45, 2.75) is 6.92 Å². The molecule has 22 heavy (non-hydrogen) atoms. The molecular formula is C18H16O4. The van der Waals surface area contributed by atoms with Gasteiger partial charge in [0.25, 0.3) is 0 Å². The lowest BCUT2D eigenvalue weighted by Gasteiger charge is -2.11. The Labute approximate surface area is 127 Å². The average molecular weight is 296 g/mol. The molecule has 0 aliphatic rings. The van der Waals surface area contributed by atoms with Crippen molar-refractivity contribution in [2.75, 3.05) is 14.2 Å². The molecule has 112 valence electrons. The first-order chi connectivity index (χ1) is 10.6. The van der Waals surface area contributed by atoms with Crippen LogP contribution in [0.3, 0.4) is 0 Å². The summed E-state index contributed by atoms with van der Waals surface area (Å²) >= 11 is 0. The van der Waals surface area contributed by atoms with Crippen LogP contribution in [0.1, 0.15) is 5.56 Å². The van der Waals surface area contributed by atoms with Crippen LogP contribution in [0, 0.1) is 6.92 Å². The van der Waals surface area contributed by atoms with Crippen molar-refractivity contribution in [1.29, 1.82) is 0 Å². The minimum absolute atomic E-state index is 0.392. The number of methoxy groups -OCH3 is 2. The standard InChI is InChI=1S/C18H16O4/c1-11-5-4-6-12(7-11)13-9-18(19)22-15-10-17(21-3)16(20-2)8-14(13)15/h4-10H,1-3H3. The van der Waals surface area contributed by atoms with Crippen molar-refractivity contribution in [3.05, 3.63) is 58.4 Å². The van der Waals surface area contributed by atoms with Crippen molar-refractivity contribution < 1.29 is 13.9 Å². The van der Waals surface area contributed by atoms with Gasteiger partial charge in [-0.25, -0.2) is 4.79 Å². The van der Waals surface area contributed by atoms with Gasteiger partial charge < -0.3 is 13.9 Å². The molecule has 0 N–H and O–H groups in total. The van der Waals surface area contributed by atoms with Gasteiger partial charge in [-0.3, -0.25) is 0 Å². The van der Waals surface area contributed by atoms with Gasteiger partial charge in [-0.15, -0.1) is 0 Å². The molecule has 3 rings (SSSR count). The molecule has 0 bridgehead atoms. The quantitative estimate of drug-likeness (QED) is 0.690. The zero-order valence-electron chi connectivity index (χ0n) is 12.7. The lowest BCUT2D eigenvalue weighted by molar-refractivity contribution is 0.355. The van der Waals surface area contributed by atoms with Crippen molar-refractivity contribution in [3.63, 3.8) is 0 Å². The maximum absolute atomic E-state index is 11.9. The van der Waals surface area contributed by atoms with E-state index in [0.29, 0.717) is 17.1 Å². The molecule has 0 unspecified atom stereocenters. The van der Waals surface area contributed by atoms with Crippen LogP contribution in [-0.4, -0.2) is 14.2 Å². The lowest BCUT2D eigenvalue weighted by atomic mass is 10.00. The summed E-state index contributed by atoms with van der Waals surface area (Å²) in [5, 5.41) is 0.808. The first-order valence-electron chi connectivity index (χ1n) is 6.89. The highest BCUT2D eigenvalue weighted by atomic mass is 16.5. The Kier molecular flexibility index (Phi) is 3.59. The predicted molar refractivity (Wildman–Crippen MR) is 85.8 cm³/mol. The van der Waals surface area contributed by atoms with E-state index >= 15 is 0 Å². The smallest absolute Gasteiger partial charge is 0.336 e. The molecule has 4 nitrogen and oxygen atoms in total. The second kappa shape index (κ2) is 5.56. The van der Waals surface area contributed by atoms with E-state index in [1.165, 1.54) is 6.07 Å². The Balaban J connectivity index is 2.36. The third kappa shape index (κ3) is 2.44. The van der Waals surface area contributed by atoms with Crippen molar-refractivity contribution in [3.8, 4) is 22.6 Å². The van der Waals surface area contributed by atoms with Gasteiger partial charge in [0.05, 0.1) is 14.2 Å². The summed E-state index contributed by atoms with van der Waals surface area (Å²) in [5.41, 5.74) is 2.98. The second-order valence-electron chi connectivity index (χ2n) is 5.05. The summed E-state index contributed by atoms with van der Waals surface area (Å²) in [6.45, 7) is 2.01. The van der Waals surface area contributed by atoms with Crippen LogP contribution >= 0.6 is 0 Å². The molecule has 0 amide bonds. The Morgan fingerprint density at radius 2 is 1.68 bits per heavy atom.